The molecule has 1 N–H and O–H groups in total. The zero-order valence-electron chi connectivity index (χ0n) is 11.8. The van der Waals surface area contributed by atoms with Crippen molar-refractivity contribution in [2.24, 2.45) is 5.92 Å². The SMILES string of the molecule is CC1CCN([C@@H](C)C(=O)N[C@@H]2CCS(=O)(=O)C2)CC1. The second kappa shape index (κ2) is 5.79. The minimum absolute atomic E-state index is 0.0309. The van der Waals surface area contributed by atoms with Crippen molar-refractivity contribution < 1.29 is 13.2 Å². The molecule has 2 heterocycles. The molecule has 0 saturated carbocycles. The second-order valence-electron chi connectivity index (χ2n) is 6.00. The number of amides is 1. The van der Waals surface area contributed by atoms with Crippen molar-refractivity contribution in [2.45, 2.75) is 45.2 Å². The third-order valence-corrected chi connectivity index (χ3v) is 6.09. The molecule has 0 aliphatic carbocycles. The Labute approximate surface area is 115 Å². The lowest BCUT2D eigenvalue weighted by Gasteiger charge is -2.34. The maximum absolute atomic E-state index is 12.1. The highest BCUT2D eigenvalue weighted by Crippen LogP contribution is 2.18. The lowest BCUT2D eigenvalue weighted by atomic mass is 9.98. The van der Waals surface area contributed by atoms with E-state index in [-0.39, 0.29) is 29.5 Å². The molecule has 2 aliphatic rings. The molecule has 2 aliphatic heterocycles. The van der Waals surface area contributed by atoms with Gasteiger partial charge in [0.05, 0.1) is 17.5 Å². The molecule has 2 atom stereocenters. The molecule has 1 amide bonds. The van der Waals surface area contributed by atoms with Crippen molar-refractivity contribution in [3.63, 3.8) is 0 Å². The van der Waals surface area contributed by atoms with Gasteiger partial charge in [0.2, 0.25) is 5.91 Å². The number of nitrogens with zero attached hydrogens (tertiary/aromatic N) is 1. The number of rotatable bonds is 3. The van der Waals surface area contributed by atoms with Gasteiger partial charge < -0.3 is 5.32 Å². The predicted octanol–water partition coefficient (Wildman–Crippen LogP) is 0.410. The van der Waals surface area contributed by atoms with Gasteiger partial charge in [-0.3, -0.25) is 9.69 Å². The molecular weight excluding hydrogens is 264 g/mol. The molecule has 0 aromatic carbocycles. The van der Waals surface area contributed by atoms with Gasteiger partial charge >= 0.3 is 0 Å². The minimum Gasteiger partial charge on any atom is -0.351 e. The lowest BCUT2D eigenvalue weighted by molar-refractivity contribution is -0.127. The molecule has 0 unspecified atom stereocenters. The second-order valence-corrected chi connectivity index (χ2v) is 8.23. The van der Waals surface area contributed by atoms with E-state index >= 15 is 0 Å². The molecule has 0 aromatic heterocycles. The van der Waals surface area contributed by atoms with Crippen LogP contribution in [0.25, 0.3) is 0 Å². The first kappa shape index (κ1) is 14.8. The molecule has 2 saturated heterocycles. The van der Waals surface area contributed by atoms with E-state index in [2.05, 4.69) is 17.1 Å². The van der Waals surface area contributed by atoms with Gasteiger partial charge in [0.1, 0.15) is 0 Å². The Morgan fingerprint density at radius 1 is 1.26 bits per heavy atom. The number of carbonyl (C=O) groups is 1. The van der Waals surface area contributed by atoms with Crippen molar-refractivity contribution in [1.29, 1.82) is 0 Å². The fourth-order valence-electron chi connectivity index (χ4n) is 2.81. The summed E-state index contributed by atoms with van der Waals surface area (Å²) in [5, 5.41) is 2.88. The van der Waals surface area contributed by atoms with Crippen LogP contribution in [0.1, 0.15) is 33.1 Å². The first-order chi connectivity index (χ1) is 8.87. The molecular formula is C13H24N2O3S. The Bertz CT molecular complexity index is 427. The van der Waals surface area contributed by atoms with E-state index in [1.54, 1.807) is 0 Å². The summed E-state index contributed by atoms with van der Waals surface area (Å²) in [6.07, 6.45) is 2.82. The van der Waals surface area contributed by atoms with Crippen LogP contribution < -0.4 is 5.32 Å². The van der Waals surface area contributed by atoms with Crippen LogP contribution in [-0.2, 0) is 14.6 Å². The van der Waals surface area contributed by atoms with Gasteiger partial charge in [0.25, 0.3) is 0 Å². The number of piperidine rings is 1. The highest BCUT2D eigenvalue weighted by molar-refractivity contribution is 7.91. The Kier molecular flexibility index (Phi) is 4.50. The standard InChI is InChI=1S/C13H24N2O3S/c1-10-3-6-15(7-4-10)11(2)13(16)14-12-5-8-19(17,18)9-12/h10-12H,3-9H2,1-2H3,(H,14,16)/t11-,12+/m0/s1. The van der Waals surface area contributed by atoms with Crippen LogP contribution in [0.5, 0.6) is 0 Å². The lowest BCUT2D eigenvalue weighted by Crippen LogP contribution is -2.50. The number of carbonyl (C=O) groups excluding carboxylic acids is 1. The summed E-state index contributed by atoms with van der Waals surface area (Å²) in [5.41, 5.74) is 0. The van der Waals surface area contributed by atoms with Crippen LogP contribution in [0.4, 0.5) is 0 Å². The van der Waals surface area contributed by atoms with Gasteiger partial charge in [-0.1, -0.05) is 6.92 Å². The predicted molar refractivity (Wildman–Crippen MR) is 74.6 cm³/mol. The highest BCUT2D eigenvalue weighted by atomic mass is 32.2. The summed E-state index contributed by atoms with van der Waals surface area (Å²) in [4.78, 5) is 14.3. The van der Waals surface area contributed by atoms with Crippen LogP contribution in [0, 0.1) is 5.92 Å². The smallest absolute Gasteiger partial charge is 0.237 e. The molecule has 2 fully saturated rings. The molecule has 0 spiro atoms. The van der Waals surface area contributed by atoms with Crippen molar-refractivity contribution >= 4 is 15.7 Å². The fraction of sp³-hybridized carbons (Fsp3) is 0.923. The normalized spacial score (nSPS) is 30.1. The number of hydrogen-bond donors (Lipinski definition) is 1. The molecule has 110 valence electrons. The van der Waals surface area contributed by atoms with Crippen molar-refractivity contribution in [3.05, 3.63) is 0 Å². The van der Waals surface area contributed by atoms with Gasteiger partial charge in [-0.2, -0.15) is 0 Å². The van der Waals surface area contributed by atoms with E-state index in [1.165, 1.54) is 0 Å². The van der Waals surface area contributed by atoms with Crippen LogP contribution in [0.3, 0.4) is 0 Å². The third-order valence-electron chi connectivity index (χ3n) is 4.32. The van der Waals surface area contributed by atoms with E-state index in [1.807, 2.05) is 6.92 Å². The van der Waals surface area contributed by atoms with Crippen LogP contribution >= 0.6 is 0 Å². The fourth-order valence-corrected chi connectivity index (χ4v) is 4.49. The Morgan fingerprint density at radius 2 is 1.89 bits per heavy atom. The third kappa shape index (κ3) is 3.92. The van der Waals surface area contributed by atoms with Crippen molar-refractivity contribution in [1.82, 2.24) is 10.2 Å². The van der Waals surface area contributed by atoms with E-state index in [0.29, 0.717) is 6.42 Å². The first-order valence-corrected chi connectivity index (χ1v) is 8.94. The Balaban J connectivity index is 1.83. The maximum Gasteiger partial charge on any atom is 0.237 e. The molecule has 0 aromatic rings. The average molecular weight is 288 g/mol. The van der Waals surface area contributed by atoms with Gasteiger partial charge in [0, 0.05) is 6.04 Å². The van der Waals surface area contributed by atoms with Gasteiger partial charge in [0.15, 0.2) is 9.84 Å². The summed E-state index contributed by atoms with van der Waals surface area (Å²) in [5.74, 6) is 1.01. The largest absolute Gasteiger partial charge is 0.351 e. The monoisotopic (exact) mass is 288 g/mol. The summed E-state index contributed by atoms with van der Waals surface area (Å²) in [6.45, 7) is 6.07. The van der Waals surface area contributed by atoms with Crippen LogP contribution in [-0.4, -0.2) is 55.9 Å². The van der Waals surface area contributed by atoms with Crippen molar-refractivity contribution in [2.75, 3.05) is 24.6 Å². The zero-order valence-corrected chi connectivity index (χ0v) is 12.6. The van der Waals surface area contributed by atoms with E-state index in [4.69, 9.17) is 0 Å². The number of nitrogens with one attached hydrogen (secondary N) is 1. The summed E-state index contributed by atoms with van der Waals surface area (Å²) in [7, 11) is -2.93. The summed E-state index contributed by atoms with van der Waals surface area (Å²) < 4.78 is 22.7. The van der Waals surface area contributed by atoms with E-state index in [9.17, 15) is 13.2 Å². The molecule has 5 nitrogen and oxygen atoms in total. The topological polar surface area (TPSA) is 66.5 Å². The van der Waals surface area contributed by atoms with Crippen LogP contribution in [0.2, 0.25) is 0 Å². The van der Waals surface area contributed by atoms with Crippen LogP contribution in [0.15, 0.2) is 0 Å². The highest BCUT2D eigenvalue weighted by Gasteiger charge is 2.31. The summed E-state index contributed by atoms with van der Waals surface area (Å²) in [6, 6.07) is -0.348. The molecule has 2 rings (SSSR count). The van der Waals surface area contributed by atoms with Gasteiger partial charge in [-0.25, -0.2) is 8.42 Å². The molecule has 19 heavy (non-hydrogen) atoms. The summed E-state index contributed by atoms with van der Waals surface area (Å²) >= 11 is 0. The number of hydrogen-bond acceptors (Lipinski definition) is 4. The molecule has 0 bridgehead atoms. The Morgan fingerprint density at radius 3 is 2.42 bits per heavy atom. The molecule has 6 heteroatoms. The van der Waals surface area contributed by atoms with Gasteiger partial charge in [-0.05, 0) is 45.2 Å². The quantitative estimate of drug-likeness (QED) is 0.817. The maximum atomic E-state index is 12.1. The molecule has 0 radical (unpaired) electrons. The Hall–Kier alpha value is -0.620. The van der Waals surface area contributed by atoms with E-state index < -0.39 is 9.84 Å². The first-order valence-electron chi connectivity index (χ1n) is 7.12. The zero-order chi connectivity index (χ0) is 14.0. The van der Waals surface area contributed by atoms with Crippen molar-refractivity contribution in [3.8, 4) is 0 Å². The van der Waals surface area contributed by atoms with Gasteiger partial charge in [-0.15, -0.1) is 0 Å². The average Bonchev–Trinajstić information content (AvgIpc) is 2.68. The van der Waals surface area contributed by atoms with E-state index in [0.717, 1.165) is 31.8 Å². The minimum atomic E-state index is -2.93. The number of likely N-dealkylation sites (tertiary alicyclic amines) is 1. The number of sulfone groups is 1.